The van der Waals surface area contributed by atoms with Gasteiger partial charge >= 0.3 is 5.97 Å². The molecule has 0 spiro atoms. The summed E-state index contributed by atoms with van der Waals surface area (Å²) in [5.41, 5.74) is 6.82. The highest BCUT2D eigenvalue weighted by molar-refractivity contribution is 5.73. The Balaban J connectivity index is 2.15. The van der Waals surface area contributed by atoms with Crippen LogP contribution < -0.4 is 5.73 Å². The van der Waals surface area contributed by atoms with Crippen LogP contribution >= 0.6 is 0 Å². The fourth-order valence-electron chi connectivity index (χ4n) is 2.40. The molecule has 5 heteroatoms. The third-order valence-corrected chi connectivity index (χ3v) is 3.47. The molecule has 1 aliphatic heterocycles. The molecule has 1 heterocycles. The predicted octanol–water partition coefficient (Wildman–Crippen LogP) is 0.862. The maximum Gasteiger partial charge on any atom is 0.320 e. The lowest BCUT2D eigenvalue weighted by Gasteiger charge is -2.35. The molecule has 2 rings (SSSR count). The largest absolute Gasteiger partial charge is 0.480 e. The molecule has 1 aromatic rings. The molecule has 1 aliphatic rings. The molecule has 0 saturated carbocycles. The number of benzene rings is 1. The summed E-state index contributed by atoms with van der Waals surface area (Å²) in [6, 6.07) is 9.13. The summed E-state index contributed by atoms with van der Waals surface area (Å²) in [6.07, 6.45) is 0.416. The molecule has 19 heavy (non-hydrogen) atoms. The zero-order valence-electron chi connectivity index (χ0n) is 10.9. The van der Waals surface area contributed by atoms with E-state index in [4.69, 9.17) is 15.6 Å². The molecule has 2 atom stereocenters. The number of nitrogens with two attached hydrogens (primary N) is 1. The first kappa shape index (κ1) is 14.0. The van der Waals surface area contributed by atoms with Gasteiger partial charge in [-0.15, -0.1) is 0 Å². The van der Waals surface area contributed by atoms with Crippen LogP contribution in [0.1, 0.15) is 18.0 Å². The molecule has 0 amide bonds. The molecule has 1 fully saturated rings. The molecule has 0 radical (unpaired) electrons. The van der Waals surface area contributed by atoms with E-state index in [1.807, 2.05) is 30.3 Å². The number of nitrogens with zero attached hydrogens (tertiary/aromatic N) is 1. The summed E-state index contributed by atoms with van der Waals surface area (Å²) in [5, 5.41) is 9.01. The topological polar surface area (TPSA) is 75.8 Å². The number of morpholine rings is 1. The minimum atomic E-state index is -0.950. The van der Waals surface area contributed by atoms with Crippen LogP contribution in [-0.2, 0) is 9.53 Å². The van der Waals surface area contributed by atoms with Gasteiger partial charge in [-0.05, 0) is 12.0 Å². The minimum Gasteiger partial charge on any atom is -0.480 e. The van der Waals surface area contributed by atoms with Gasteiger partial charge < -0.3 is 15.6 Å². The number of carbonyl (C=O) groups is 1. The van der Waals surface area contributed by atoms with Crippen molar-refractivity contribution in [2.45, 2.75) is 18.5 Å². The van der Waals surface area contributed by atoms with Crippen molar-refractivity contribution in [2.75, 3.05) is 26.3 Å². The Labute approximate surface area is 113 Å². The van der Waals surface area contributed by atoms with E-state index in [0.717, 1.165) is 18.7 Å². The zero-order chi connectivity index (χ0) is 13.7. The molecule has 0 aromatic heterocycles. The van der Waals surface area contributed by atoms with Gasteiger partial charge in [0, 0.05) is 19.1 Å². The van der Waals surface area contributed by atoms with Gasteiger partial charge in [0.15, 0.2) is 0 Å². The van der Waals surface area contributed by atoms with Gasteiger partial charge in [-0.1, -0.05) is 30.3 Å². The van der Waals surface area contributed by atoms with E-state index >= 15 is 0 Å². The maximum absolute atomic E-state index is 11.0. The number of hydrogen-bond donors (Lipinski definition) is 2. The number of carboxylic acid groups (broad SMARTS) is 1. The van der Waals surface area contributed by atoms with Gasteiger partial charge in [0.2, 0.25) is 0 Å². The van der Waals surface area contributed by atoms with Crippen molar-refractivity contribution in [3.05, 3.63) is 35.9 Å². The van der Waals surface area contributed by atoms with E-state index in [1.54, 1.807) is 0 Å². The molecule has 0 aliphatic carbocycles. The first-order valence-corrected chi connectivity index (χ1v) is 6.53. The monoisotopic (exact) mass is 264 g/mol. The Kier molecular flexibility index (Phi) is 4.90. The number of hydrogen-bond acceptors (Lipinski definition) is 4. The molecular formula is C14H20N2O3. The van der Waals surface area contributed by atoms with Gasteiger partial charge in [0.05, 0.1) is 13.2 Å². The van der Waals surface area contributed by atoms with Crippen molar-refractivity contribution in [2.24, 2.45) is 5.73 Å². The maximum atomic E-state index is 11.0. The Bertz CT molecular complexity index is 404. The van der Waals surface area contributed by atoms with Crippen LogP contribution in [0, 0.1) is 0 Å². The highest BCUT2D eigenvalue weighted by Crippen LogP contribution is 2.26. The van der Waals surface area contributed by atoms with Crippen molar-refractivity contribution in [3.63, 3.8) is 0 Å². The first-order valence-electron chi connectivity index (χ1n) is 6.53. The SMILES string of the molecule is N[C@H](C[C@H](c1ccccc1)N1CCOCC1)C(=O)O. The molecule has 0 bridgehead atoms. The van der Waals surface area contributed by atoms with Crippen LogP contribution in [0.3, 0.4) is 0 Å². The third-order valence-electron chi connectivity index (χ3n) is 3.47. The molecule has 3 N–H and O–H groups in total. The predicted molar refractivity (Wildman–Crippen MR) is 71.8 cm³/mol. The van der Waals surface area contributed by atoms with Crippen molar-refractivity contribution < 1.29 is 14.6 Å². The Morgan fingerprint density at radius 1 is 1.32 bits per heavy atom. The van der Waals surface area contributed by atoms with Gasteiger partial charge in [0.1, 0.15) is 6.04 Å². The van der Waals surface area contributed by atoms with Crippen molar-refractivity contribution in [1.29, 1.82) is 0 Å². The Morgan fingerprint density at radius 3 is 2.53 bits per heavy atom. The number of aliphatic carboxylic acids is 1. The van der Waals surface area contributed by atoms with Crippen LogP contribution in [0.5, 0.6) is 0 Å². The second-order valence-electron chi connectivity index (χ2n) is 4.76. The van der Waals surface area contributed by atoms with E-state index in [2.05, 4.69) is 4.90 Å². The summed E-state index contributed by atoms with van der Waals surface area (Å²) >= 11 is 0. The molecule has 1 aromatic carbocycles. The van der Waals surface area contributed by atoms with E-state index in [1.165, 1.54) is 0 Å². The number of carboxylic acids is 1. The van der Waals surface area contributed by atoms with Gasteiger partial charge in [0.25, 0.3) is 0 Å². The summed E-state index contributed by atoms with van der Waals surface area (Å²) in [6.45, 7) is 3.00. The molecule has 5 nitrogen and oxygen atoms in total. The summed E-state index contributed by atoms with van der Waals surface area (Å²) < 4.78 is 5.35. The lowest BCUT2D eigenvalue weighted by atomic mass is 9.97. The molecule has 0 unspecified atom stereocenters. The van der Waals surface area contributed by atoms with Crippen LogP contribution in [0.4, 0.5) is 0 Å². The van der Waals surface area contributed by atoms with Gasteiger partial charge in [-0.25, -0.2) is 0 Å². The third kappa shape index (κ3) is 3.76. The molecular weight excluding hydrogens is 244 g/mol. The van der Waals surface area contributed by atoms with Crippen molar-refractivity contribution in [1.82, 2.24) is 4.90 Å². The fraction of sp³-hybridized carbons (Fsp3) is 0.500. The second-order valence-corrected chi connectivity index (χ2v) is 4.76. The number of ether oxygens (including phenoxy) is 1. The number of rotatable bonds is 5. The molecule has 104 valence electrons. The van der Waals surface area contributed by atoms with Crippen LogP contribution in [-0.4, -0.2) is 48.3 Å². The normalized spacial score (nSPS) is 19.8. The van der Waals surface area contributed by atoms with Gasteiger partial charge in [-0.2, -0.15) is 0 Å². The highest BCUT2D eigenvalue weighted by atomic mass is 16.5. The lowest BCUT2D eigenvalue weighted by molar-refractivity contribution is -0.139. The fourth-order valence-corrected chi connectivity index (χ4v) is 2.40. The van der Waals surface area contributed by atoms with E-state index in [9.17, 15) is 4.79 Å². The molecule has 1 saturated heterocycles. The summed E-state index contributed by atoms with van der Waals surface area (Å²) in [5.74, 6) is -0.950. The zero-order valence-corrected chi connectivity index (χ0v) is 10.9. The first-order chi connectivity index (χ1) is 9.18. The van der Waals surface area contributed by atoms with Crippen LogP contribution in [0.15, 0.2) is 30.3 Å². The van der Waals surface area contributed by atoms with E-state index in [0.29, 0.717) is 19.6 Å². The van der Waals surface area contributed by atoms with Crippen LogP contribution in [0.25, 0.3) is 0 Å². The Hall–Kier alpha value is -1.43. The standard InChI is InChI=1S/C14H20N2O3/c15-12(14(17)18)10-13(11-4-2-1-3-5-11)16-6-8-19-9-7-16/h1-5,12-13H,6-10,15H2,(H,17,18)/t12-,13-/m1/s1. The average Bonchev–Trinajstić information content (AvgIpc) is 2.46. The Morgan fingerprint density at radius 2 is 1.95 bits per heavy atom. The highest BCUT2D eigenvalue weighted by Gasteiger charge is 2.26. The van der Waals surface area contributed by atoms with E-state index in [-0.39, 0.29) is 6.04 Å². The second kappa shape index (κ2) is 6.65. The summed E-state index contributed by atoms with van der Waals surface area (Å²) in [4.78, 5) is 13.2. The minimum absolute atomic E-state index is 0.0381. The average molecular weight is 264 g/mol. The van der Waals surface area contributed by atoms with Crippen molar-refractivity contribution >= 4 is 5.97 Å². The van der Waals surface area contributed by atoms with Crippen LogP contribution in [0.2, 0.25) is 0 Å². The lowest BCUT2D eigenvalue weighted by Crippen LogP contribution is -2.42. The summed E-state index contributed by atoms with van der Waals surface area (Å²) in [7, 11) is 0. The quantitative estimate of drug-likeness (QED) is 0.825. The van der Waals surface area contributed by atoms with E-state index < -0.39 is 12.0 Å². The smallest absolute Gasteiger partial charge is 0.320 e. The van der Waals surface area contributed by atoms with Gasteiger partial charge in [-0.3, -0.25) is 9.69 Å². The van der Waals surface area contributed by atoms with Crippen molar-refractivity contribution in [3.8, 4) is 0 Å².